The van der Waals surface area contributed by atoms with Crippen LogP contribution in [0.25, 0.3) is 0 Å². The van der Waals surface area contributed by atoms with E-state index >= 15 is 0 Å². The highest BCUT2D eigenvalue weighted by Gasteiger charge is 2.16. The molecule has 6 heteroatoms. The van der Waals surface area contributed by atoms with Crippen LogP contribution in [0.1, 0.15) is 17.3 Å². The Morgan fingerprint density at radius 1 is 1.08 bits per heavy atom. The van der Waals surface area contributed by atoms with Crippen LogP contribution in [0.2, 0.25) is 0 Å². The van der Waals surface area contributed by atoms with Crippen molar-refractivity contribution in [3.05, 3.63) is 54.1 Å². The Kier molecular flexibility index (Phi) is 4.65. The SMILES string of the molecule is CC(=O)N(CCNC(=O)c1ccc2c(c1)OCO2)c1ccccc1. The largest absolute Gasteiger partial charge is 0.454 e. The molecule has 0 spiro atoms. The van der Waals surface area contributed by atoms with Gasteiger partial charge in [0.2, 0.25) is 12.7 Å². The van der Waals surface area contributed by atoms with Crippen LogP contribution in [0, 0.1) is 0 Å². The van der Waals surface area contributed by atoms with E-state index in [0.717, 1.165) is 5.69 Å². The maximum Gasteiger partial charge on any atom is 0.251 e. The highest BCUT2D eigenvalue weighted by Crippen LogP contribution is 2.32. The number of amides is 2. The Morgan fingerprint density at radius 2 is 1.83 bits per heavy atom. The average Bonchev–Trinajstić information content (AvgIpc) is 3.06. The monoisotopic (exact) mass is 326 g/mol. The molecule has 0 atom stereocenters. The van der Waals surface area contributed by atoms with Crippen molar-refractivity contribution in [2.45, 2.75) is 6.92 Å². The van der Waals surface area contributed by atoms with E-state index in [1.807, 2.05) is 30.3 Å². The van der Waals surface area contributed by atoms with Crippen molar-refractivity contribution in [1.82, 2.24) is 5.32 Å². The smallest absolute Gasteiger partial charge is 0.251 e. The molecular formula is C18H18N2O4. The fourth-order valence-electron chi connectivity index (χ4n) is 2.50. The molecule has 24 heavy (non-hydrogen) atoms. The number of carbonyl (C=O) groups is 2. The van der Waals surface area contributed by atoms with Crippen LogP contribution < -0.4 is 19.7 Å². The van der Waals surface area contributed by atoms with Crippen molar-refractivity contribution in [3.63, 3.8) is 0 Å². The summed E-state index contributed by atoms with van der Waals surface area (Å²) < 4.78 is 10.5. The van der Waals surface area contributed by atoms with Gasteiger partial charge < -0.3 is 19.7 Å². The number of rotatable bonds is 5. The maximum atomic E-state index is 12.2. The van der Waals surface area contributed by atoms with E-state index in [1.165, 1.54) is 6.92 Å². The van der Waals surface area contributed by atoms with E-state index in [4.69, 9.17) is 9.47 Å². The Balaban J connectivity index is 1.59. The Labute approximate surface area is 140 Å². The predicted molar refractivity (Wildman–Crippen MR) is 89.4 cm³/mol. The fraction of sp³-hybridized carbons (Fsp3) is 0.222. The molecule has 3 rings (SSSR count). The number of hydrogen-bond donors (Lipinski definition) is 1. The van der Waals surface area contributed by atoms with Gasteiger partial charge >= 0.3 is 0 Å². The lowest BCUT2D eigenvalue weighted by Crippen LogP contribution is -2.37. The molecule has 0 bridgehead atoms. The van der Waals surface area contributed by atoms with Gasteiger partial charge in [-0.15, -0.1) is 0 Å². The van der Waals surface area contributed by atoms with Crippen LogP contribution in [-0.2, 0) is 4.79 Å². The molecule has 0 saturated carbocycles. The van der Waals surface area contributed by atoms with Crippen LogP contribution in [0.3, 0.4) is 0 Å². The van der Waals surface area contributed by atoms with Gasteiger partial charge in [-0.05, 0) is 30.3 Å². The molecule has 1 aliphatic rings. The summed E-state index contributed by atoms with van der Waals surface area (Å²) >= 11 is 0. The van der Waals surface area contributed by atoms with Gasteiger partial charge in [-0.3, -0.25) is 9.59 Å². The van der Waals surface area contributed by atoms with E-state index in [1.54, 1.807) is 23.1 Å². The number of nitrogens with zero attached hydrogens (tertiary/aromatic N) is 1. The first-order valence-electron chi connectivity index (χ1n) is 7.66. The maximum absolute atomic E-state index is 12.2. The number of nitrogens with one attached hydrogen (secondary N) is 1. The minimum atomic E-state index is -0.218. The molecule has 0 aromatic heterocycles. The van der Waals surface area contributed by atoms with Crippen molar-refractivity contribution >= 4 is 17.5 Å². The summed E-state index contributed by atoms with van der Waals surface area (Å²) in [5, 5.41) is 2.82. The number of carbonyl (C=O) groups excluding carboxylic acids is 2. The molecule has 0 aliphatic carbocycles. The molecule has 1 heterocycles. The molecule has 0 fully saturated rings. The van der Waals surface area contributed by atoms with Gasteiger partial charge in [0.1, 0.15) is 0 Å². The molecular weight excluding hydrogens is 308 g/mol. The number of ether oxygens (including phenoxy) is 2. The molecule has 2 aromatic rings. The second kappa shape index (κ2) is 7.04. The van der Waals surface area contributed by atoms with Crippen LogP contribution in [0.15, 0.2) is 48.5 Å². The van der Waals surface area contributed by atoms with Crippen molar-refractivity contribution in [1.29, 1.82) is 0 Å². The third-order valence-corrected chi connectivity index (χ3v) is 3.70. The molecule has 124 valence electrons. The first-order valence-corrected chi connectivity index (χ1v) is 7.66. The molecule has 0 unspecified atom stereocenters. The summed E-state index contributed by atoms with van der Waals surface area (Å²) in [6.07, 6.45) is 0. The van der Waals surface area contributed by atoms with Crippen LogP contribution in [0.5, 0.6) is 11.5 Å². The minimum Gasteiger partial charge on any atom is -0.454 e. The third kappa shape index (κ3) is 3.48. The predicted octanol–water partition coefficient (Wildman–Crippen LogP) is 2.20. The highest BCUT2D eigenvalue weighted by molar-refractivity contribution is 5.95. The average molecular weight is 326 g/mol. The zero-order valence-corrected chi connectivity index (χ0v) is 13.3. The van der Waals surface area contributed by atoms with E-state index < -0.39 is 0 Å². The second-order valence-corrected chi connectivity index (χ2v) is 5.33. The normalized spacial score (nSPS) is 11.9. The number of fused-ring (bicyclic) bond motifs is 1. The second-order valence-electron chi connectivity index (χ2n) is 5.33. The van der Waals surface area contributed by atoms with Crippen molar-refractivity contribution in [3.8, 4) is 11.5 Å². The van der Waals surface area contributed by atoms with Crippen molar-refractivity contribution < 1.29 is 19.1 Å². The number of benzene rings is 2. The van der Waals surface area contributed by atoms with Crippen LogP contribution in [-0.4, -0.2) is 31.7 Å². The fourth-order valence-corrected chi connectivity index (χ4v) is 2.50. The van der Waals surface area contributed by atoms with E-state index in [9.17, 15) is 9.59 Å². The number of hydrogen-bond acceptors (Lipinski definition) is 4. The molecule has 1 aliphatic heterocycles. The Morgan fingerprint density at radius 3 is 2.58 bits per heavy atom. The molecule has 2 aromatic carbocycles. The lowest BCUT2D eigenvalue weighted by atomic mass is 10.2. The first-order chi connectivity index (χ1) is 11.6. The van der Waals surface area contributed by atoms with Crippen LogP contribution >= 0.6 is 0 Å². The van der Waals surface area contributed by atoms with Gasteiger partial charge in [0, 0.05) is 31.3 Å². The molecule has 1 N–H and O–H groups in total. The molecule has 0 radical (unpaired) electrons. The quantitative estimate of drug-likeness (QED) is 0.914. The minimum absolute atomic E-state index is 0.0708. The summed E-state index contributed by atoms with van der Waals surface area (Å²) in [7, 11) is 0. The topological polar surface area (TPSA) is 67.9 Å². The van der Waals surface area contributed by atoms with Gasteiger partial charge in [-0.1, -0.05) is 18.2 Å². The zero-order valence-electron chi connectivity index (χ0n) is 13.3. The van der Waals surface area contributed by atoms with Gasteiger partial charge in [0.15, 0.2) is 11.5 Å². The van der Waals surface area contributed by atoms with Gasteiger partial charge in [0.05, 0.1) is 0 Å². The molecule has 2 amide bonds. The zero-order chi connectivity index (χ0) is 16.9. The van der Waals surface area contributed by atoms with Gasteiger partial charge in [-0.2, -0.15) is 0 Å². The van der Waals surface area contributed by atoms with Gasteiger partial charge in [0.25, 0.3) is 5.91 Å². The highest BCUT2D eigenvalue weighted by atomic mass is 16.7. The summed E-state index contributed by atoms with van der Waals surface area (Å²) in [5.41, 5.74) is 1.30. The van der Waals surface area contributed by atoms with Crippen molar-refractivity contribution in [2.75, 3.05) is 24.8 Å². The standard InChI is InChI=1S/C18H18N2O4/c1-13(21)20(15-5-3-2-4-6-15)10-9-19-18(22)14-7-8-16-17(11-14)24-12-23-16/h2-8,11H,9-10,12H2,1H3,(H,19,22). The van der Waals surface area contributed by atoms with E-state index in [-0.39, 0.29) is 18.6 Å². The first kappa shape index (κ1) is 15.9. The third-order valence-electron chi connectivity index (χ3n) is 3.70. The van der Waals surface area contributed by atoms with E-state index in [2.05, 4.69) is 5.32 Å². The molecule has 6 nitrogen and oxygen atoms in total. The summed E-state index contributed by atoms with van der Waals surface area (Å²) in [6.45, 7) is 2.43. The Bertz CT molecular complexity index is 746. The number of anilines is 1. The van der Waals surface area contributed by atoms with Gasteiger partial charge in [-0.25, -0.2) is 0 Å². The summed E-state index contributed by atoms with van der Waals surface area (Å²) in [5.74, 6) is 0.916. The summed E-state index contributed by atoms with van der Waals surface area (Å²) in [4.78, 5) is 25.6. The Hall–Kier alpha value is -3.02. The molecule has 0 saturated heterocycles. The van der Waals surface area contributed by atoms with Crippen molar-refractivity contribution in [2.24, 2.45) is 0 Å². The number of para-hydroxylation sites is 1. The van der Waals surface area contributed by atoms with E-state index in [0.29, 0.717) is 30.2 Å². The van der Waals surface area contributed by atoms with Crippen LogP contribution in [0.4, 0.5) is 5.69 Å². The summed E-state index contributed by atoms with van der Waals surface area (Å²) in [6, 6.07) is 14.4. The lowest BCUT2D eigenvalue weighted by Gasteiger charge is -2.21. The lowest BCUT2D eigenvalue weighted by molar-refractivity contribution is -0.116.